The van der Waals surface area contributed by atoms with Crippen LogP contribution in [0.1, 0.15) is 65.7 Å². The molecule has 0 aromatic rings. The van der Waals surface area contributed by atoms with E-state index in [1.165, 1.54) is 38.5 Å². The van der Waals surface area contributed by atoms with Crippen molar-refractivity contribution in [3.05, 3.63) is 0 Å². The van der Waals surface area contributed by atoms with Gasteiger partial charge in [0.2, 0.25) is 0 Å². The molecule has 0 aliphatic rings. The molecule has 0 rings (SSSR count). The van der Waals surface area contributed by atoms with Crippen LogP contribution in [-0.2, 0) is 4.79 Å². The molecule has 17 heavy (non-hydrogen) atoms. The van der Waals surface area contributed by atoms with Crippen molar-refractivity contribution in [1.82, 2.24) is 0 Å². The molecule has 102 valence electrons. The maximum absolute atomic E-state index is 10.8. The third-order valence-electron chi connectivity index (χ3n) is 3.51. The van der Waals surface area contributed by atoms with Crippen molar-refractivity contribution in [2.24, 2.45) is 17.6 Å². The maximum Gasteiger partial charge on any atom is 0.307 e. The van der Waals surface area contributed by atoms with E-state index in [0.29, 0.717) is 5.92 Å². The Morgan fingerprint density at radius 3 is 2.29 bits per heavy atom. The van der Waals surface area contributed by atoms with Gasteiger partial charge in [-0.3, -0.25) is 4.79 Å². The first-order chi connectivity index (χ1) is 7.99. The van der Waals surface area contributed by atoms with Crippen molar-refractivity contribution in [2.45, 2.75) is 71.8 Å². The quantitative estimate of drug-likeness (QED) is 0.578. The van der Waals surface area contributed by atoms with Crippen LogP contribution in [0.25, 0.3) is 0 Å². The normalized spacial score (nSPS) is 16.5. The molecular formula is C14H29NO2. The Morgan fingerprint density at radius 2 is 1.76 bits per heavy atom. The standard InChI is InChI=1S/C14H29NO2/c1-4-5-6-7-8-9-11(2)10-13(15)12(3)14(16)17/h11-13H,4-10,15H2,1-3H3,(H,16,17). The predicted octanol–water partition coefficient (Wildman–Crippen LogP) is 3.42. The minimum absolute atomic E-state index is 0.210. The smallest absolute Gasteiger partial charge is 0.307 e. The monoisotopic (exact) mass is 243 g/mol. The van der Waals surface area contributed by atoms with Crippen LogP contribution < -0.4 is 5.73 Å². The number of carboxylic acids is 1. The molecule has 0 fully saturated rings. The number of unbranched alkanes of at least 4 members (excludes halogenated alkanes) is 4. The average Bonchev–Trinajstić information content (AvgIpc) is 2.27. The molecule has 3 nitrogen and oxygen atoms in total. The van der Waals surface area contributed by atoms with Crippen molar-refractivity contribution in [3.63, 3.8) is 0 Å². The molecule has 0 aromatic heterocycles. The Hall–Kier alpha value is -0.570. The van der Waals surface area contributed by atoms with Crippen LogP contribution in [0.3, 0.4) is 0 Å². The number of rotatable bonds is 10. The highest BCUT2D eigenvalue weighted by Crippen LogP contribution is 2.18. The lowest BCUT2D eigenvalue weighted by atomic mass is 9.90. The van der Waals surface area contributed by atoms with Gasteiger partial charge < -0.3 is 10.8 Å². The summed E-state index contributed by atoms with van der Waals surface area (Å²) in [5, 5.41) is 8.86. The van der Waals surface area contributed by atoms with Crippen LogP contribution in [0.2, 0.25) is 0 Å². The lowest BCUT2D eigenvalue weighted by molar-refractivity contribution is -0.141. The molecule has 0 saturated heterocycles. The van der Waals surface area contributed by atoms with Gasteiger partial charge in [-0.1, -0.05) is 59.3 Å². The number of hydrogen-bond acceptors (Lipinski definition) is 2. The Bertz CT molecular complexity index is 206. The van der Waals surface area contributed by atoms with E-state index in [4.69, 9.17) is 10.8 Å². The minimum Gasteiger partial charge on any atom is -0.481 e. The van der Waals surface area contributed by atoms with Crippen LogP contribution >= 0.6 is 0 Å². The summed E-state index contributed by atoms with van der Waals surface area (Å²) in [6, 6.07) is -0.210. The average molecular weight is 243 g/mol. The number of carbonyl (C=O) groups is 1. The zero-order valence-corrected chi connectivity index (χ0v) is 11.6. The largest absolute Gasteiger partial charge is 0.481 e. The summed E-state index contributed by atoms with van der Waals surface area (Å²) in [7, 11) is 0. The van der Waals surface area contributed by atoms with Crippen molar-refractivity contribution in [2.75, 3.05) is 0 Å². The second-order valence-corrected chi connectivity index (χ2v) is 5.33. The van der Waals surface area contributed by atoms with Crippen molar-refractivity contribution < 1.29 is 9.90 Å². The first-order valence-corrected chi connectivity index (χ1v) is 6.97. The van der Waals surface area contributed by atoms with E-state index >= 15 is 0 Å². The van der Waals surface area contributed by atoms with E-state index in [9.17, 15) is 4.79 Å². The topological polar surface area (TPSA) is 63.3 Å². The highest BCUT2D eigenvalue weighted by atomic mass is 16.4. The summed E-state index contributed by atoms with van der Waals surface area (Å²) < 4.78 is 0. The summed E-state index contributed by atoms with van der Waals surface area (Å²) in [6.07, 6.45) is 8.45. The number of carboxylic acid groups (broad SMARTS) is 1. The van der Waals surface area contributed by atoms with Gasteiger partial charge in [0, 0.05) is 6.04 Å². The predicted molar refractivity (Wildman–Crippen MR) is 71.9 cm³/mol. The van der Waals surface area contributed by atoms with Crippen molar-refractivity contribution in [3.8, 4) is 0 Å². The molecule has 3 N–H and O–H groups in total. The number of nitrogens with two attached hydrogens (primary N) is 1. The van der Waals surface area contributed by atoms with Crippen LogP contribution in [0.4, 0.5) is 0 Å². The summed E-state index contributed by atoms with van der Waals surface area (Å²) in [5.74, 6) is -0.682. The van der Waals surface area contributed by atoms with E-state index in [-0.39, 0.29) is 6.04 Å². The molecule has 0 saturated carbocycles. The molecule has 3 heteroatoms. The summed E-state index contributed by atoms with van der Waals surface area (Å²) in [5.41, 5.74) is 5.89. The molecular weight excluding hydrogens is 214 g/mol. The van der Waals surface area contributed by atoms with E-state index in [1.54, 1.807) is 6.92 Å². The molecule has 0 radical (unpaired) electrons. The first kappa shape index (κ1) is 16.4. The highest BCUT2D eigenvalue weighted by molar-refractivity contribution is 5.70. The van der Waals surface area contributed by atoms with Crippen LogP contribution in [0, 0.1) is 11.8 Å². The first-order valence-electron chi connectivity index (χ1n) is 6.97. The minimum atomic E-state index is -0.785. The molecule has 0 bridgehead atoms. The summed E-state index contributed by atoms with van der Waals surface area (Å²) in [4.78, 5) is 10.8. The third kappa shape index (κ3) is 8.19. The highest BCUT2D eigenvalue weighted by Gasteiger charge is 2.21. The van der Waals surface area contributed by atoms with Gasteiger partial charge >= 0.3 is 5.97 Å². The second-order valence-electron chi connectivity index (χ2n) is 5.33. The molecule has 0 amide bonds. The molecule has 0 spiro atoms. The fourth-order valence-corrected chi connectivity index (χ4v) is 2.07. The van der Waals surface area contributed by atoms with E-state index in [2.05, 4.69) is 13.8 Å². The molecule has 3 unspecified atom stereocenters. The number of hydrogen-bond donors (Lipinski definition) is 2. The summed E-state index contributed by atoms with van der Waals surface area (Å²) in [6.45, 7) is 6.09. The Kier molecular flexibility index (Phi) is 9.14. The van der Waals surface area contributed by atoms with Gasteiger partial charge in [-0.25, -0.2) is 0 Å². The van der Waals surface area contributed by atoms with E-state index in [1.807, 2.05) is 0 Å². The fraction of sp³-hybridized carbons (Fsp3) is 0.929. The number of aliphatic carboxylic acids is 1. The van der Waals surface area contributed by atoms with Gasteiger partial charge in [0.05, 0.1) is 5.92 Å². The third-order valence-corrected chi connectivity index (χ3v) is 3.51. The lowest BCUT2D eigenvalue weighted by Gasteiger charge is -2.20. The molecule has 0 heterocycles. The van der Waals surface area contributed by atoms with E-state index in [0.717, 1.165) is 6.42 Å². The molecule has 0 aliphatic heterocycles. The molecule has 0 aliphatic carbocycles. The van der Waals surface area contributed by atoms with Crippen LogP contribution in [-0.4, -0.2) is 17.1 Å². The SMILES string of the molecule is CCCCCCCC(C)CC(N)C(C)C(=O)O. The van der Waals surface area contributed by atoms with E-state index < -0.39 is 11.9 Å². The van der Waals surface area contributed by atoms with Gasteiger partial charge in [0.15, 0.2) is 0 Å². The molecule has 3 atom stereocenters. The lowest BCUT2D eigenvalue weighted by Crippen LogP contribution is -2.34. The van der Waals surface area contributed by atoms with Crippen LogP contribution in [0.5, 0.6) is 0 Å². The van der Waals surface area contributed by atoms with Gasteiger partial charge in [-0.05, 0) is 12.3 Å². The fourth-order valence-electron chi connectivity index (χ4n) is 2.07. The zero-order valence-electron chi connectivity index (χ0n) is 11.6. The van der Waals surface area contributed by atoms with Crippen molar-refractivity contribution in [1.29, 1.82) is 0 Å². The van der Waals surface area contributed by atoms with Gasteiger partial charge in [0.25, 0.3) is 0 Å². The Morgan fingerprint density at radius 1 is 1.18 bits per heavy atom. The van der Waals surface area contributed by atoms with Gasteiger partial charge in [0.1, 0.15) is 0 Å². The zero-order chi connectivity index (χ0) is 13.3. The van der Waals surface area contributed by atoms with Gasteiger partial charge in [-0.2, -0.15) is 0 Å². The van der Waals surface area contributed by atoms with Gasteiger partial charge in [-0.15, -0.1) is 0 Å². The van der Waals surface area contributed by atoms with Crippen molar-refractivity contribution >= 4 is 5.97 Å². The molecule has 0 aromatic carbocycles. The van der Waals surface area contributed by atoms with Crippen LogP contribution in [0.15, 0.2) is 0 Å². The second kappa shape index (κ2) is 9.46. The Balaban J connectivity index is 3.63. The summed E-state index contributed by atoms with van der Waals surface area (Å²) >= 11 is 0. The Labute approximate surface area is 106 Å². The maximum atomic E-state index is 10.8.